The first-order valence-electron chi connectivity index (χ1n) is 10.9. The number of nitrogens with zero attached hydrogens (tertiary/aromatic N) is 1. The molecule has 0 spiro atoms. The molecular formula is C22H25N3O2S. The number of aliphatic hydroxyl groups is 1. The molecule has 4 N–H and O–H groups in total. The number of aryl methyl sites for hydroxylation is 1. The third-order valence-electron chi connectivity index (χ3n) is 4.07. The van der Waals surface area contributed by atoms with Crippen molar-refractivity contribution in [3.05, 3.63) is 76.8 Å². The number of aliphatic hydroxyl groups excluding tert-OH is 1. The summed E-state index contributed by atoms with van der Waals surface area (Å²) in [6.45, 7) is 0. The Labute approximate surface area is 174 Å². The molecule has 1 aromatic heterocycles. The second-order valence-electron chi connectivity index (χ2n) is 6.22. The topological polar surface area (TPSA) is 88.2 Å². The molecule has 2 aromatic carbocycles. The number of benzene rings is 2. The molecule has 0 unspecified atom stereocenters. The molecule has 0 saturated carbocycles. The van der Waals surface area contributed by atoms with E-state index in [1.807, 2.05) is 6.07 Å². The van der Waals surface area contributed by atoms with Crippen molar-refractivity contribution in [2.75, 3.05) is 11.1 Å². The fraction of sp³-hybridized carbons (Fsp3) is 0.273. The zero-order chi connectivity index (χ0) is 23.4. The number of rotatable bonds is 9. The highest BCUT2D eigenvalue weighted by molar-refractivity contribution is 7.13. The SMILES string of the molecule is [2H]C([2H])(C(=O)Nc1ccc(CCCC([2H])([2H])[C@H](O)c2ccccc2)cc1)c1csc(N)n1. The number of nitrogen functional groups attached to an aromatic ring is 1. The largest absolute Gasteiger partial charge is 0.388 e. The third-order valence-corrected chi connectivity index (χ3v) is 4.74. The second kappa shape index (κ2) is 10.0. The molecule has 3 rings (SSSR count). The van der Waals surface area contributed by atoms with Crippen LogP contribution in [0.25, 0.3) is 0 Å². The van der Waals surface area contributed by atoms with Crippen LogP contribution in [0.4, 0.5) is 10.8 Å². The lowest BCUT2D eigenvalue weighted by Crippen LogP contribution is -2.14. The monoisotopic (exact) mass is 399 g/mol. The lowest BCUT2D eigenvalue weighted by molar-refractivity contribution is -0.115. The highest BCUT2D eigenvalue weighted by atomic mass is 32.1. The summed E-state index contributed by atoms with van der Waals surface area (Å²) >= 11 is 1.07. The summed E-state index contributed by atoms with van der Waals surface area (Å²) in [6, 6.07) is 15.7. The van der Waals surface area contributed by atoms with Gasteiger partial charge in [-0.15, -0.1) is 11.3 Å². The van der Waals surface area contributed by atoms with E-state index in [4.69, 9.17) is 11.2 Å². The van der Waals surface area contributed by atoms with Crippen LogP contribution in [-0.2, 0) is 17.6 Å². The minimum Gasteiger partial charge on any atom is -0.388 e. The average Bonchev–Trinajstić information content (AvgIpc) is 3.22. The van der Waals surface area contributed by atoms with Gasteiger partial charge in [0, 0.05) is 16.6 Å². The van der Waals surface area contributed by atoms with Gasteiger partial charge >= 0.3 is 0 Å². The van der Waals surface area contributed by atoms with Gasteiger partial charge in [-0.25, -0.2) is 4.98 Å². The lowest BCUT2D eigenvalue weighted by atomic mass is 10.0. The van der Waals surface area contributed by atoms with Gasteiger partial charge in [0.1, 0.15) is 0 Å². The molecule has 5 nitrogen and oxygen atoms in total. The van der Waals surface area contributed by atoms with Gasteiger partial charge in [-0.1, -0.05) is 48.9 Å². The number of carbonyl (C=O) groups excluding carboxylic acids is 1. The number of hydrogen-bond acceptors (Lipinski definition) is 5. The maximum atomic E-state index is 12.4. The van der Waals surface area contributed by atoms with Crippen molar-refractivity contribution in [2.45, 2.75) is 38.1 Å². The summed E-state index contributed by atoms with van der Waals surface area (Å²) in [5, 5.41) is 14.5. The van der Waals surface area contributed by atoms with Crippen LogP contribution in [0.5, 0.6) is 0 Å². The molecule has 6 heteroatoms. The van der Waals surface area contributed by atoms with Gasteiger partial charge in [0.05, 0.1) is 18.2 Å². The lowest BCUT2D eigenvalue weighted by Gasteiger charge is -2.10. The first-order chi connectivity index (χ1) is 15.1. The van der Waals surface area contributed by atoms with Crippen molar-refractivity contribution in [3.8, 4) is 0 Å². The summed E-state index contributed by atoms with van der Waals surface area (Å²) < 4.78 is 32.4. The minimum absolute atomic E-state index is 0.0268. The van der Waals surface area contributed by atoms with E-state index in [2.05, 4.69) is 10.3 Å². The number of thiazole rings is 1. The molecule has 0 saturated heterocycles. The van der Waals surface area contributed by atoms with Gasteiger partial charge in [0.15, 0.2) is 5.13 Å². The average molecular weight is 400 g/mol. The van der Waals surface area contributed by atoms with E-state index >= 15 is 0 Å². The van der Waals surface area contributed by atoms with Gasteiger partial charge < -0.3 is 16.2 Å². The Hall–Kier alpha value is -2.70. The van der Waals surface area contributed by atoms with Crippen molar-refractivity contribution in [1.82, 2.24) is 4.98 Å². The zero-order valence-electron chi connectivity index (χ0n) is 19.3. The fourth-order valence-corrected chi connectivity index (χ4v) is 3.16. The summed E-state index contributed by atoms with van der Waals surface area (Å²) in [4.78, 5) is 16.2. The van der Waals surface area contributed by atoms with Crippen LogP contribution in [0.1, 0.15) is 47.6 Å². The third kappa shape index (κ3) is 6.18. The number of amides is 1. The highest BCUT2D eigenvalue weighted by Crippen LogP contribution is 2.20. The Kier molecular flexibility index (Phi) is 5.45. The predicted molar refractivity (Wildman–Crippen MR) is 114 cm³/mol. The second-order valence-corrected chi connectivity index (χ2v) is 7.11. The highest BCUT2D eigenvalue weighted by Gasteiger charge is 2.08. The molecule has 0 aliphatic carbocycles. The quantitative estimate of drug-likeness (QED) is 0.499. The van der Waals surface area contributed by atoms with E-state index in [1.54, 1.807) is 48.5 Å². The summed E-state index contributed by atoms with van der Waals surface area (Å²) in [5.41, 5.74) is 7.45. The molecule has 1 heterocycles. The van der Waals surface area contributed by atoms with Crippen LogP contribution in [0.2, 0.25) is 0 Å². The van der Waals surface area contributed by atoms with Crippen LogP contribution in [0, 0.1) is 0 Å². The molecule has 0 aliphatic rings. The number of nitrogens with two attached hydrogens (primary N) is 1. The minimum atomic E-state index is -2.31. The smallest absolute Gasteiger partial charge is 0.230 e. The maximum Gasteiger partial charge on any atom is 0.230 e. The van der Waals surface area contributed by atoms with Gasteiger partial charge in [-0.3, -0.25) is 4.79 Å². The Bertz CT molecular complexity index is 1040. The van der Waals surface area contributed by atoms with Crippen molar-refractivity contribution < 1.29 is 15.4 Å². The van der Waals surface area contributed by atoms with E-state index in [1.165, 1.54) is 5.38 Å². The Morgan fingerprint density at radius 2 is 1.93 bits per heavy atom. The molecule has 28 heavy (non-hydrogen) atoms. The zero-order valence-corrected chi connectivity index (χ0v) is 16.1. The summed E-state index contributed by atoms with van der Waals surface area (Å²) in [6.07, 6.45) is -3.91. The van der Waals surface area contributed by atoms with E-state index in [0.29, 0.717) is 24.1 Å². The predicted octanol–water partition coefficient (Wildman–Crippen LogP) is 4.35. The molecule has 0 radical (unpaired) electrons. The van der Waals surface area contributed by atoms with Gasteiger partial charge in [0.2, 0.25) is 5.91 Å². The molecule has 1 amide bonds. The number of carbonyl (C=O) groups is 1. The molecule has 0 bridgehead atoms. The van der Waals surface area contributed by atoms with Gasteiger partial charge in [-0.05, 0) is 42.5 Å². The Morgan fingerprint density at radius 1 is 1.18 bits per heavy atom. The van der Waals surface area contributed by atoms with Crippen LogP contribution < -0.4 is 11.1 Å². The van der Waals surface area contributed by atoms with Crippen molar-refractivity contribution in [2.24, 2.45) is 0 Å². The van der Waals surface area contributed by atoms with E-state index < -0.39 is 24.8 Å². The summed E-state index contributed by atoms with van der Waals surface area (Å²) in [5.74, 6) is -0.835. The van der Waals surface area contributed by atoms with Crippen LogP contribution in [-0.4, -0.2) is 16.0 Å². The fourth-order valence-electron chi connectivity index (χ4n) is 2.66. The number of aromatic nitrogens is 1. The van der Waals surface area contributed by atoms with Gasteiger partial charge in [-0.2, -0.15) is 0 Å². The van der Waals surface area contributed by atoms with E-state index in [-0.39, 0.29) is 17.2 Å². The normalized spacial score (nSPS) is 15.0. The van der Waals surface area contributed by atoms with Crippen molar-refractivity contribution >= 4 is 28.1 Å². The van der Waals surface area contributed by atoms with E-state index in [9.17, 15) is 9.90 Å². The van der Waals surface area contributed by atoms with Crippen LogP contribution in [0.3, 0.4) is 0 Å². The van der Waals surface area contributed by atoms with Crippen molar-refractivity contribution in [3.63, 3.8) is 0 Å². The van der Waals surface area contributed by atoms with Crippen LogP contribution >= 0.6 is 11.3 Å². The molecule has 1 atom stereocenters. The molecule has 3 aromatic rings. The van der Waals surface area contributed by atoms with Gasteiger partial charge in [0.25, 0.3) is 0 Å². The molecule has 146 valence electrons. The number of hydrogen-bond donors (Lipinski definition) is 3. The van der Waals surface area contributed by atoms with Crippen molar-refractivity contribution in [1.29, 1.82) is 0 Å². The molecular weight excluding hydrogens is 370 g/mol. The first-order valence-corrected chi connectivity index (χ1v) is 9.82. The molecule has 0 aliphatic heterocycles. The standard InChI is InChI=1S/C22H25N3O2S/c23-22-25-19(15-28-22)14-21(27)24-18-12-10-16(11-13-18)6-4-5-9-20(26)17-7-2-1-3-8-17/h1-3,7-8,10-13,15,20,26H,4-6,9,14H2,(H2,23,25)(H,24,27)/t20-/m0/s1/i9D2,14D2. The Balaban J connectivity index is 1.53. The van der Waals surface area contributed by atoms with Crippen LogP contribution in [0.15, 0.2) is 60.0 Å². The molecule has 0 fully saturated rings. The number of nitrogens with one attached hydrogen (secondary N) is 1. The first kappa shape index (κ1) is 15.2. The maximum absolute atomic E-state index is 12.4. The summed E-state index contributed by atoms with van der Waals surface area (Å²) in [7, 11) is 0. The number of anilines is 2. The van der Waals surface area contributed by atoms with E-state index in [0.717, 1.165) is 16.9 Å². The Morgan fingerprint density at radius 3 is 2.61 bits per heavy atom.